The highest BCUT2D eigenvalue weighted by Gasteiger charge is 2.25. The predicted octanol–water partition coefficient (Wildman–Crippen LogP) is 3.87. The summed E-state index contributed by atoms with van der Waals surface area (Å²) in [4.78, 5) is 17.7. The molecule has 1 fully saturated rings. The Labute approximate surface area is 173 Å². The number of H-pyrrole nitrogens is 2. The van der Waals surface area contributed by atoms with Crippen LogP contribution in [-0.4, -0.2) is 43.2 Å². The van der Waals surface area contributed by atoms with E-state index in [9.17, 15) is 4.39 Å². The van der Waals surface area contributed by atoms with Crippen LogP contribution in [0.15, 0.2) is 36.7 Å². The summed E-state index contributed by atoms with van der Waals surface area (Å²) < 4.78 is 14.2. The lowest BCUT2D eigenvalue weighted by Gasteiger charge is -2.32. The third-order valence-corrected chi connectivity index (χ3v) is 5.76. The maximum absolute atomic E-state index is 13.1. The van der Waals surface area contributed by atoms with E-state index in [1.807, 2.05) is 0 Å². The fourth-order valence-corrected chi connectivity index (χ4v) is 4.27. The highest BCUT2D eigenvalue weighted by molar-refractivity contribution is 14.1. The van der Waals surface area contributed by atoms with Crippen LogP contribution in [0, 0.1) is 9.52 Å². The minimum absolute atomic E-state index is 0.258. The molecular weight excluding hydrogens is 472 g/mol. The number of anilines is 1. The Bertz CT molecular complexity index is 1110. The van der Waals surface area contributed by atoms with Gasteiger partial charge in [-0.25, -0.2) is 14.4 Å². The summed E-state index contributed by atoms with van der Waals surface area (Å²) >= 11 is 2.26. The average molecular weight is 489 g/mol. The molecule has 9 heteroatoms. The Morgan fingerprint density at radius 2 is 1.82 bits per heavy atom. The van der Waals surface area contributed by atoms with E-state index in [0.717, 1.165) is 57.9 Å². The van der Waals surface area contributed by atoms with Crippen LogP contribution in [0.4, 0.5) is 10.2 Å². The van der Waals surface area contributed by atoms with Crippen LogP contribution in [0.1, 0.15) is 24.6 Å². The van der Waals surface area contributed by atoms with Gasteiger partial charge in [0.05, 0.1) is 9.09 Å². The van der Waals surface area contributed by atoms with Crippen LogP contribution in [0.5, 0.6) is 0 Å². The monoisotopic (exact) mass is 489 g/mol. The molecule has 28 heavy (non-hydrogen) atoms. The van der Waals surface area contributed by atoms with Crippen molar-refractivity contribution in [3.05, 3.63) is 52.0 Å². The highest BCUT2D eigenvalue weighted by atomic mass is 127. The fourth-order valence-electron chi connectivity index (χ4n) is 3.71. The Morgan fingerprint density at radius 3 is 2.61 bits per heavy atom. The molecule has 0 aliphatic carbocycles. The zero-order valence-corrected chi connectivity index (χ0v) is 17.0. The largest absolute Gasteiger partial charge is 0.356 e. The molecule has 2 N–H and O–H groups in total. The van der Waals surface area contributed by atoms with Crippen LogP contribution in [0.25, 0.3) is 22.4 Å². The number of piperidine rings is 1. The van der Waals surface area contributed by atoms with E-state index >= 15 is 0 Å². The maximum atomic E-state index is 13.1. The van der Waals surface area contributed by atoms with Crippen LogP contribution in [0.2, 0.25) is 0 Å². The number of halogens is 2. The van der Waals surface area contributed by atoms with Gasteiger partial charge in [0, 0.05) is 24.6 Å². The highest BCUT2D eigenvalue weighted by Crippen LogP contribution is 2.32. The zero-order chi connectivity index (χ0) is 19.1. The molecule has 3 aromatic heterocycles. The van der Waals surface area contributed by atoms with Crippen molar-refractivity contribution in [3.8, 4) is 11.4 Å². The smallest absolute Gasteiger partial charge is 0.161 e. The van der Waals surface area contributed by atoms with Crippen molar-refractivity contribution < 1.29 is 4.39 Å². The second-order valence-corrected chi connectivity index (χ2v) is 8.07. The summed E-state index contributed by atoms with van der Waals surface area (Å²) in [6, 6.07) is 8.37. The topological polar surface area (TPSA) is 86.4 Å². The van der Waals surface area contributed by atoms with Gasteiger partial charge in [-0.15, -0.1) is 10.2 Å². The first-order valence-electron chi connectivity index (χ1n) is 9.10. The number of aromatic nitrogens is 6. The number of nitrogens with one attached hydrogen (secondary N) is 2. The number of aromatic amines is 2. The van der Waals surface area contributed by atoms with Gasteiger partial charge in [0.15, 0.2) is 5.82 Å². The summed E-state index contributed by atoms with van der Waals surface area (Å²) in [5.41, 5.74) is 1.71. The van der Waals surface area contributed by atoms with Crippen molar-refractivity contribution in [2.24, 2.45) is 0 Å². The van der Waals surface area contributed by atoms with Crippen LogP contribution < -0.4 is 4.90 Å². The first-order valence-corrected chi connectivity index (χ1v) is 10.2. The van der Waals surface area contributed by atoms with E-state index in [2.05, 4.69) is 63.7 Å². The van der Waals surface area contributed by atoms with E-state index in [0.29, 0.717) is 11.7 Å². The van der Waals surface area contributed by atoms with Gasteiger partial charge in [0.2, 0.25) is 0 Å². The lowest BCUT2D eigenvalue weighted by atomic mass is 9.96. The molecule has 1 aliphatic rings. The van der Waals surface area contributed by atoms with Gasteiger partial charge in [0.25, 0.3) is 0 Å². The van der Waals surface area contributed by atoms with E-state index in [1.165, 1.54) is 12.1 Å². The number of benzene rings is 1. The fraction of sp³-hybridized carbons (Fsp3) is 0.263. The second-order valence-electron chi connectivity index (χ2n) is 6.90. The molecule has 0 bridgehead atoms. The normalized spacial score (nSPS) is 15.4. The van der Waals surface area contributed by atoms with Crippen molar-refractivity contribution in [1.29, 1.82) is 0 Å². The second kappa shape index (κ2) is 7.12. The van der Waals surface area contributed by atoms with Crippen LogP contribution in [0.3, 0.4) is 0 Å². The number of nitrogens with zero attached hydrogens (tertiary/aromatic N) is 5. The molecule has 142 valence electrons. The van der Waals surface area contributed by atoms with Gasteiger partial charge in [-0.1, -0.05) is 0 Å². The maximum Gasteiger partial charge on any atom is 0.161 e. The Balaban J connectivity index is 1.31. The van der Waals surface area contributed by atoms with Crippen LogP contribution in [-0.2, 0) is 0 Å². The van der Waals surface area contributed by atoms with Crippen molar-refractivity contribution in [2.45, 2.75) is 18.8 Å². The number of hydrogen-bond donors (Lipinski definition) is 2. The summed E-state index contributed by atoms with van der Waals surface area (Å²) in [7, 11) is 0. The minimum atomic E-state index is -0.258. The Morgan fingerprint density at radius 1 is 1.04 bits per heavy atom. The molecule has 4 aromatic rings. The summed E-state index contributed by atoms with van der Waals surface area (Å²) in [5.74, 6) is 2.61. The lowest BCUT2D eigenvalue weighted by Crippen LogP contribution is -2.33. The van der Waals surface area contributed by atoms with Gasteiger partial charge in [0.1, 0.15) is 29.4 Å². The molecule has 0 unspecified atom stereocenters. The third-order valence-electron chi connectivity index (χ3n) is 5.17. The van der Waals surface area contributed by atoms with Crippen molar-refractivity contribution in [3.63, 3.8) is 0 Å². The Hall–Kier alpha value is -2.56. The standard InChI is InChI=1S/C19H17FIN7/c20-13-3-1-11(2-4-13)16-25-17(27-26-16)12-5-7-28(8-6-12)19-14-9-15(21)24-18(14)22-10-23-19/h1-4,9-10,12H,5-8H2,(H,22,23,24)(H,25,26,27). The van der Waals surface area contributed by atoms with E-state index in [1.54, 1.807) is 18.5 Å². The Kier molecular flexibility index (Phi) is 4.46. The number of rotatable bonds is 3. The van der Waals surface area contributed by atoms with E-state index in [4.69, 9.17) is 0 Å². The summed E-state index contributed by atoms with van der Waals surface area (Å²) in [5, 5.41) is 9.64. The van der Waals surface area contributed by atoms with Crippen molar-refractivity contribution in [1.82, 2.24) is 30.1 Å². The molecule has 7 nitrogen and oxygen atoms in total. The molecule has 0 amide bonds. The first-order chi connectivity index (χ1) is 13.7. The predicted molar refractivity (Wildman–Crippen MR) is 113 cm³/mol. The summed E-state index contributed by atoms with van der Waals surface area (Å²) in [6.07, 6.45) is 3.54. The molecule has 1 aliphatic heterocycles. The van der Waals surface area contributed by atoms with Crippen molar-refractivity contribution >= 4 is 39.4 Å². The molecule has 0 saturated carbocycles. The molecule has 1 aromatic carbocycles. The lowest BCUT2D eigenvalue weighted by molar-refractivity contribution is 0.485. The van der Waals surface area contributed by atoms with Gasteiger partial charge < -0.3 is 14.9 Å². The zero-order valence-electron chi connectivity index (χ0n) is 14.9. The third kappa shape index (κ3) is 3.23. The first kappa shape index (κ1) is 17.5. The molecule has 0 spiro atoms. The number of fused-ring (bicyclic) bond motifs is 1. The minimum Gasteiger partial charge on any atom is -0.356 e. The molecule has 0 radical (unpaired) electrons. The van der Waals surface area contributed by atoms with Gasteiger partial charge in [-0.05, 0) is 65.8 Å². The molecule has 5 rings (SSSR count). The summed E-state index contributed by atoms with van der Waals surface area (Å²) in [6.45, 7) is 1.79. The molecular formula is C19H17FIN7. The molecule has 0 atom stereocenters. The van der Waals surface area contributed by atoms with Gasteiger partial charge >= 0.3 is 0 Å². The molecule has 1 saturated heterocycles. The SMILES string of the molecule is Fc1ccc(-c2nnc(C3CCN(c4ncnc5[nH]c(I)cc45)CC3)[nH]2)cc1. The molecule has 4 heterocycles. The van der Waals surface area contributed by atoms with Crippen molar-refractivity contribution in [2.75, 3.05) is 18.0 Å². The van der Waals surface area contributed by atoms with E-state index in [-0.39, 0.29) is 5.82 Å². The number of hydrogen-bond acceptors (Lipinski definition) is 5. The van der Waals surface area contributed by atoms with E-state index < -0.39 is 0 Å². The quantitative estimate of drug-likeness (QED) is 0.427. The van der Waals surface area contributed by atoms with Gasteiger partial charge in [-0.2, -0.15) is 0 Å². The van der Waals surface area contributed by atoms with Crippen LogP contribution >= 0.6 is 22.6 Å². The van der Waals surface area contributed by atoms with Gasteiger partial charge in [-0.3, -0.25) is 0 Å². The average Bonchev–Trinajstić information content (AvgIpc) is 3.34.